The topological polar surface area (TPSA) is 122 Å². The number of carbonyl (C=O) groups excluding carboxylic acids is 3. The molecule has 3 aliphatic rings. The zero-order valence-electron chi connectivity index (χ0n) is 19.2. The van der Waals surface area contributed by atoms with E-state index in [-0.39, 0.29) is 61.3 Å². The van der Waals surface area contributed by atoms with Crippen molar-refractivity contribution in [2.75, 3.05) is 33.2 Å². The van der Waals surface area contributed by atoms with Gasteiger partial charge in [-0.1, -0.05) is 11.6 Å². The van der Waals surface area contributed by atoms with Crippen LogP contribution in [0.15, 0.2) is 29.3 Å². The Labute approximate surface area is 196 Å². The number of rotatable bonds is 1. The Morgan fingerprint density at radius 2 is 2.00 bits per heavy atom. The average Bonchev–Trinajstić information content (AvgIpc) is 3.40. The van der Waals surface area contributed by atoms with Crippen molar-refractivity contribution in [1.29, 1.82) is 0 Å². The zero-order chi connectivity index (χ0) is 23.8. The van der Waals surface area contributed by atoms with Crippen molar-refractivity contribution in [2.24, 2.45) is 11.8 Å². The van der Waals surface area contributed by atoms with Gasteiger partial charge in [0.2, 0.25) is 11.8 Å². The van der Waals surface area contributed by atoms with Crippen LogP contribution >= 0.6 is 0 Å². The van der Waals surface area contributed by atoms with Gasteiger partial charge >= 0.3 is 0 Å². The summed E-state index contributed by atoms with van der Waals surface area (Å²) in [4.78, 5) is 54.7. The molecule has 5 rings (SSSR count). The van der Waals surface area contributed by atoms with Gasteiger partial charge in [-0.15, -0.1) is 5.10 Å². The summed E-state index contributed by atoms with van der Waals surface area (Å²) in [5.41, 5.74) is 0.233. The second-order valence-electron chi connectivity index (χ2n) is 9.52. The molecule has 2 aromatic rings. The summed E-state index contributed by atoms with van der Waals surface area (Å²) in [5.74, 6) is -0.382. The third-order valence-electron chi connectivity index (χ3n) is 7.22. The van der Waals surface area contributed by atoms with Crippen LogP contribution in [-0.4, -0.2) is 80.3 Å². The minimum Gasteiger partial charge on any atom is -0.354 e. The van der Waals surface area contributed by atoms with Gasteiger partial charge in [0.25, 0.3) is 11.5 Å². The molecule has 3 amide bonds. The molecule has 0 aromatic carbocycles. The molecule has 2 atom stereocenters. The van der Waals surface area contributed by atoms with Gasteiger partial charge in [-0.3, -0.25) is 19.2 Å². The maximum atomic E-state index is 12.9. The van der Waals surface area contributed by atoms with Gasteiger partial charge in [-0.25, -0.2) is 4.68 Å². The Morgan fingerprint density at radius 1 is 1.18 bits per heavy atom. The lowest BCUT2D eigenvalue weighted by Gasteiger charge is -2.29. The summed E-state index contributed by atoms with van der Waals surface area (Å²) in [7, 11) is 1.61. The molecular formula is C23H29N7O4. The number of hydrogen-bond acceptors (Lipinski definition) is 6. The minimum absolute atomic E-state index is 0.0665. The van der Waals surface area contributed by atoms with Crippen LogP contribution in [0.2, 0.25) is 0 Å². The van der Waals surface area contributed by atoms with Crippen LogP contribution in [0.4, 0.5) is 0 Å². The summed E-state index contributed by atoms with van der Waals surface area (Å²) in [6.45, 7) is 1.72. The molecule has 0 radical (unpaired) electrons. The average molecular weight is 468 g/mol. The van der Waals surface area contributed by atoms with E-state index >= 15 is 0 Å². The molecule has 2 aromatic heterocycles. The van der Waals surface area contributed by atoms with E-state index in [0.717, 1.165) is 19.3 Å². The van der Waals surface area contributed by atoms with Crippen LogP contribution in [0.1, 0.15) is 47.8 Å². The van der Waals surface area contributed by atoms with E-state index in [0.29, 0.717) is 18.8 Å². The van der Waals surface area contributed by atoms with E-state index in [9.17, 15) is 19.2 Å². The standard InChI is InChI=1S/C23H29N7O4/c1-27-9-7-24-20(31)10-16-11-29(21(32)15-4-2-5-15)14-19(16)30-13-17(25-26-30)12-28-8-3-6-18(22(27)33)23(28)34/h3,6,8,13,15-16,19H,2,4-5,7,9-12,14H2,1H3,(H,24,31)/t16-,19+/m0/s1. The number of aromatic nitrogens is 4. The summed E-state index contributed by atoms with van der Waals surface area (Å²) < 4.78 is 3.17. The molecule has 11 heteroatoms. The lowest BCUT2D eigenvalue weighted by atomic mass is 9.84. The van der Waals surface area contributed by atoms with Gasteiger partial charge in [0.05, 0.1) is 18.8 Å². The summed E-state index contributed by atoms with van der Waals surface area (Å²) >= 11 is 0. The van der Waals surface area contributed by atoms with Crippen LogP contribution in [0.3, 0.4) is 0 Å². The summed E-state index contributed by atoms with van der Waals surface area (Å²) in [6.07, 6.45) is 6.59. The van der Waals surface area contributed by atoms with Crippen LogP contribution in [0, 0.1) is 11.8 Å². The number of pyridine rings is 1. The first-order valence-electron chi connectivity index (χ1n) is 11.8. The van der Waals surface area contributed by atoms with Crippen molar-refractivity contribution in [3.63, 3.8) is 0 Å². The molecule has 11 nitrogen and oxygen atoms in total. The van der Waals surface area contributed by atoms with Gasteiger partial charge in [-0.2, -0.15) is 0 Å². The molecule has 4 bridgehead atoms. The third-order valence-corrected chi connectivity index (χ3v) is 7.22. The minimum atomic E-state index is -0.402. The molecule has 1 N–H and O–H groups in total. The van der Waals surface area contributed by atoms with Gasteiger partial charge in [-0.05, 0) is 25.0 Å². The molecular weight excluding hydrogens is 438 g/mol. The molecule has 4 heterocycles. The second kappa shape index (κ2) is 9.03. The van der Waals surface area contributed by atoms with Gasteiger partial charge in [0.1, 0.15) is 11.3 Å². The molecule has 2 fully saturated rings. The molecule has 180 valence electrons. The fourth-order valence-electron chi connectivity index (χ4n) is 4.97. The highest BCUT2D eigenvalue weighted by atomic mass is 16.2. The summed E-state index contributed by atoms with van der Waals surface area (Å²) in [6, 6.07) is 3.00. The Balaban J connectivity index is 1.45. The number of carbonyl (C=O) groups is 3. The van der Waals surface area contributed by atoms with E-state index in [4.69, 9.17) is 0 Å². The fraction of sp³-hybridized carbons (Fsp3) is 0.565. The van der Waals surface area contributed by atoms with E-state index in [1.54, 1.807) is 30.2 Å². The number of likely N-dealkylation sites (N-methyl/N-ethyl adjacent to an activating group) is 1. The number of nitrogens with zero attached hydrogens (tertiary/aromatic N) is 6. The van der Waals surface area contributed by atoms with E-state index in [1.165, 1.54) is 15.5 Å². The Kier molecular flexibility index (Phi) is 5.93. The van der Waals surface area contributed by atoms with Crippen LogP contribution < -0.4 is 10.9 Å². The predicted octanol–water partition coefficient (Wildman–Crippen LogP) is -0.120. The molecule has 2 aliphatic heterocycles. The molecule has 34 heavy (non-hydrogen) atoms. The van der Waals surface area contributed by atoms with Crippen molar-refractivity contribution in [3.05, 3.63) is 46.1 Å². The normalized spacial score (nSPS) is 23.9. The quantitative estimate of drug-likeness (QED) is 0.624. The predicted molar refractivity (Wildman–Crippen MR) is 121 cm³/mol. The first-order chi connectivity index (χ1) is 16.4. The number of fused-ring (bicyclic) bond motifs is 6. The second-order valence-corrected chi connectivity index (χ2v) is 9.52. The van der Waals surface area contributed by atoms with E-state index in [2.05, 4.69) is 15.6 Å². The Hall–Kier alpha value is -3.50. The molecule has 0 spiro atoms. The van der Waals surface area contributed by atoms with Gasteiger partial charge < -0.3 is 19.7 Å². The van der Waals surface area contributed by atoms with Crippen molar-refractivity contribution in [3.8, 4) is 0 Å². The first kappa shape index (κ1) is 22.3. The Morgan fingerprint density at radius 3 is 2.76 bits per heavy atom. The van der Waals surface area contributed by atoms with E-state index in [1.807, 2.05) is 4.90 Å². The van der Waals surface area contributed by atoms with E-state index < -0.39 is 11.5 Å². The number of nitrogens with one attached hydrogen (secondary N) is 1. The lowest BCUT2D eigenvalue weighted by molar-refractivity contribution is -0.137. The molecule has 1 aliphatic carbocycles. The first-order valence-corrected chi connectivity index (χ1v) is 11.8. The van der Waals surface area contributed by atoms with Crippen LogP contribution in [-0.2, 0) is 16.1 Å². The van der Waals surface area contributed by atoms with Gasteiger partial charge in [0.15, 0.2) is 0 Å². The largest absolute Gasteiger partial charge is 0.354 e. The van der Waals surface area contributed by atoms with Gasteiger partial charge in [0, 0.05) is 57.7 Å². The third kappa shape index (κ3) is 4.22. The number of amides is 3. The van der Waals surface area contributed by atoms with Crippen molar-refractivity contribution >= 4 is 17.7 Å². The maximum Gasteiger partial charge on any atom is 0.263 e. The molecule has 1 saturated carbocycles. The maximum absolute atomic E-state index is 12.9. The summed E-state index contributed by atoms with van der Waals surface area (Å²) in [5, 5.41) is 11.4. The number of likely N-dealkylation sites (tertiary alicyclic amines) is 1. The highest BCUT2D eigenvalue weighted by molar-refractivity contribution is 5.93. The van der Waals surface area contributed by atoms with Crippen molar-refractivity contribution in [2.45, 2.75) is 38.3 Å². The fourth-order valence-corrected chi connectivity index (χ4v) is 4.97. The monoisotopic (exact) mass is 467 g/mol. The smallest absolute Gasteiger partial charge is 0.263 e. The SMILES string of the molecule is CN1CCNC(=O)C[C@H]2CN(C(=O)C3CCC3)C[C@H]2n2cc(nn2)Cn2cccc(c2=O)C1=O. The Bertz CT molecular complexity index is 1170. The molecule has 0 unspecified atom stereocenters. The highest BCUT2D eigenvalue weighted by Gasteiger charge is 2.41. The lowest BCUT2D eigenvalue weighted by Crippen LogP contribution is -2.40. The van der Waals surface area contributed by atoms with Crippen molar-refractivity contribution < 1.29 is 14.4 Å². The van der Waals surface area contributed by atoms with Crippen LogP contribution in [0.25, 0.3) is 0 Å². The van der Waals surface area contributed by atoms with Crippen LogP contribution in [0.5, 0.6) is 0 Å². The van der Waals surface area contributed by atoms with Crippen molar-refractivity contribution in [1.82, 2.24) is 34.7 Å². The number of hydrogen-bond donors (Lipinski definition) is 1. The molecule has 1 saturated heterocycles. The highest BCUT2D eigenvalue weighted by Crippen LogP contribution is 2.35. The zero-order valence-corrected chi connectivity index (χ0v) is 19.2.